The molecular formula is C23H26N2O4. The minimum Gasteiger partial charge on any atom is -0.455 e. The highest BCUT2D eigenvalue weighted by Gasteiger charge is 2.35. The molecule has 0 aromatic heterocycles. The second-order valence-electron chi connectivity index (χ2n) is 7.62. The van der Waals surface area contributed by atoms with Crippen LogP contribution in [0.15, 0.2) is 42.5 Å². The van der Waals surface area contributed by atoms with Gasteiger partial charge in [-0.2, -0.15) is 0 Å². The summed E-state index contributed by atoms with van der Waals surface area (Å²) in [5, 5.41) is 2.72. The number of likely N-dealkylation sites (tertiary alicyclic amines) is 1. The topological polar surface area (TPSA) is 75.7 Å². The van der Waals surface area contributed by atoms with E-state index in [0.717, 1.165) is 22.3 Å². The number of aryl methyl sites for hydroxylation is 3. The van der Waals surface area contributed by atoms with E-state index in [0.29, 0.717) is 18.8 Å². The summed E-state index contributed by atoms with van der Waals surface area (Å²) in [6, 6.07) is 13.5. The second-order valence-corrected chi connectivity index (χ2v) is 7.62. The molecule has 0 saturated carbocycles. The average Bonchev–Trinajstić information content (AvgIpc) is 3.05. The summed E-state index contributed by atoms with van der Waals surface area (Å²) in [6.45, 7) is 6.38. The van der Waals surface area contributed by atoms with Crippen molar-refractivity contribution in [3.63, 3.8) is 0 Å². The van der Waals surface area contributed by atoms with E-state index in [1.807, 2.05) is 57.2 Å². The van der Waals surface area contributed by atoms with Gasteiger partial charge >= 0.3 is 5.97 Å². The van der Waals surface area contributed by atoms with Gasteiger partial charge in [0.05, 0.1) is 5.92 Å². The van der Waals surface area contributed by atoms with Gasteiger partial charge in [-0.15, -0.1) is 0 Å². The van der Waals surface area contributed by atoms with Gasteiger partial charge in [-0.1, -0.05) is 35.9 Å². The first-order chi connectivity index (χ1) is 13.8. The molecule has 29 heavy (non-hydrogen) atoms. The van der Waals surface area contributed by atoms with Crippen LogP contribution in [0.4, 0.5) is 5.69 Å². The first-order valence-electron chi connectivity index (χ1n) is 9.69. The molecule has 6 nitrogen and oxygen atoms in total. The number of esters is 1. The van der Waals surface area contributed by atoms with Gasteiger partial charge in [-0.3, -0.25) is 14.4 Å². The van der Waals surface area contributed by atoms with E-state index < -0.39 is 17.8 Å². The van der Waals surface area contributed by atoms with Crippen LogP contribution in [0, 0.1) is 26.7 Å². The van der Waals surface area contributed by atoms with Gasteiger partial charge in [0.15, 0.2) is 6.61 Å². The van der Waals surface area contributed by atoms with Crippen LogP contribution in [-0.4, -0.2) is 35.8 Å². The molecule has 0 aliphatic carbocycles. The summed E-state index contributed by atoms with van der Waals surface area (Å²) in [5.41, 5.74) is 5.04. The predicted octanol–water partition coefficient (Wildman–Crippen LogP) is 3.14. The summed E-state index contributed by atoms with van der Waals surface area (Å²) in [6.07, 6.45) is 0.115. The van der Waals surface area contributed by atoms with E-state index in [1.165, 1.54) is 0 Å². The van der Waals surface area contributed by atoms with Crippen molar-refractivity contribution in [3.05, 3.63) is 64.7 Å². The zero-order valence-electron chi connectivity index (χ0n) is 17.0. The van der Waals surface area contributed by atoms with Crippen LogP contribution < -0.4 is 5.32 Å². The van der Waals surface area contributed by atoms with E-state index >= 15 is 0 Å². The number of anilines is 1. The molecule has 2 aromatic rings. The number of benzene rings is 2. The van der Waals surface area contributed by atoms with Gasteiger partial charge < -0.3 is 15.0 Å². The lowest BCUT2D eigenvalue weighted by Crippen LogP contribution is -2.28. The van der Waals surface area contributed by atoms with Crippen molar-refractivity contribution in [2.75, 3.05) is 18.5 Å². The molecule has 1 heterocycles. The quantitative estimate of drug-likeness (QED) is 0.764. The monoisotopic (exact) mass is 394 g/mol. The fourth-order valence-corrected chi connectivity index (χ4v) is 3.27. The lowest BCUT2D eigenvalue weighted by molar-refractivity contribution is -0.151. The Balaban J connectivity index is 1.47. The van der Waals surface area contributed by atoms with E-state index in [9.17, 15) is 14.4 Å². The SMILES string of the molecule is Cc1ccc(CN2C[C@@H](C(=O)OCC(=O)Nc3ccc(C)c(C)c3)CC2=O)cc1. The Kier molecular flexibility index (Phi) is 6.32. The fourth-order valence-electron chi connectivity index (χ4n) is 3.27. The number of rotatable bonds is 6. The fraction of sp³-hybridized carbons (Fsp3) is 0.348. The van der Waals surface area contributed by atoms with Crippen LogP contribution >= 0.6 is 0 Å². The number of amides is 2. The first kappa shape index (κ1) is 20.6. The van der Waals surface area contributed by atoms with Crippen LogP contribution in [0.3, 0.4) is 0 Å². The van der Waals surface area contributed by atoms with Gasteiger partial charge in [0.25, 0.3) is 5.91 Å². The number of nitrogens with zero attached hydrogens (tertiary/aromatic N) is 1. The van der Waals surface area contributed by atoms with Crippen LogP contribution in [0.25, 0.3) is 0 Å². The van der Waals surface area contributed by atoms with Crippen molar-refractivity contribution in [1.82, 2.24) is 4.90 Å². The molecular weight excluding hydrogens is 368 g/mol. The van der Waals surface area contributed by atoms with Crippen molar-refractivity contribution in [2.45, 2.75) is 33.7 Å². The van der Waals surface area contributed by atoms with Crippen molar-refractivity contribution in [2.24, 2.45) is 5.92 Å². The highest BCUT2D eigenvalue weighted by atomic mass is 16.5. The maximum Gasteiger partial charge on any atom is 0.311 e. The third-order valence-corrected chi connectivity index (χ3v) is 5.18. The second kappa shape index (κ2) is 8.90. The molecule has 1 fully saturated rings. The normalized spacial score (nSPS) is 16.0. The molecule has 1 saturated heterocycles. The Morgan fingerprint density at radius 3 is 2.48 bits per heavy atom. The van der Waals surface area contributed by atoms with Crippen LogP contribution in [0.2, 0.25) is 0 Å². The Labute approximate surface area is 170 Å². The molecule has 3 rings (SSSR count). The minimum atomic E-state index is -0.539. The van der Waals surface area contributed by atoms with Crippen molar-refractivity contribution in [3.8, 4) is 0 Å². The smallest absolute Gasteiger partial charge is 0.311 e. The maximum absolute atomic E-state index is 12.3. The number of carbonyl (C=O) groups excluding carboxylic acids is 3. The Bertz CT molecular complexity index is 921. The molecule has 1 aliphatic heterocycles. The molecule has 0 bridgehead atoms. The summed E-state index contributed by atoms with van der Waals surface area (Å²) in [5.74, 6) is -1.53. The number of hydrogen-bond acceptors (Lipinski definition) is 4. The van der Waals surface area contributed by atoms with Gasteiger partial charge in [0.2, 0.25) is 5.91 Å². The molecule has 1 N–H and O–H groups in total. The number of nitrogens with one attached hydrogen (secondary N) is 1. The lowest BCUT2D eigenvalue weighted by Gasteiger charge is -2.16. The molecule has 152 valence electrons. The van der Waals surface area contributed by atoms with Crippen LogP contribution in [0.1, 0.15) is 28.7 Å². The Morgan fingerprint density at radius 1 is 1.07 bits per heavy atom. The molecule has 1 atom stereocenters. The first-order valence-corrected chi connectivity index (χ1v) is 9.69. The van der Waals surface area contributed by atoms with Crippen LogP contribution in [-0.2, 0) is 25.7 Å². The van der Waals surface area contributed by atoms with Gasteiger partial charge in [0.1, 0.15) is 0 Å². The number of ether oxygens (including phenoxy) is 1. The summed E-state index contributed by atoms with van der Waals surface area (Å²) in [7, 11) is 0. The van der Waals surface area contributed by atoms with Crippen molar-refractivity contribution < 1.29 is 19.1 Å². The van der Waals surface area contributed by atoms with Gasteiger partial charge in [0, 0.05) is 25.2 Å². The average molecular weight is 394 g/mol. The lowest BCUT2D eigenvalue weighted by atomic mass is 10.1. The zero-order valence-corrected chi connectivity index (χ0v) is 17.0. The molecule has 0 radical (unpaired) electrons. The van der Waals surface area contributed by atoms with E-state index in [-0.39, 0.29) is 18.9 Å². The summed E-state index contributed by atoms with van der Waals surface area (Å²) in [4.78, 5) is 38.3. The van der Waals surface area contributed by atoms with Gasteiger partial charge in [-0.25, -0.2) is 0 Å². The molecule has 0 spiro atoms. The Hall–Kier alpha value is -3.15. The standard InChI is InChI=1S/C23H26N2O4/c1-15-4-7-18(8-5-15)12-25-13-19(11-22(25)27)23(28)29-14-21(26)24-20-9-6-16(2)17(3)10-20/h4-10,19H,11-14H2,1-3H3,(H,24,26)/t19-/m0/s1. The minimum absolute atomic E-state index is 0.0768. The molecule has 1 aliphatic rings. The molecule has 2 aromatic carbocycles. The molecule has 6 heteroatoms. The highest BCUT2D eigenvalue weighted by Crippen LogP contribution is 2.22. The number of carbonyl (C=O) groups is 3. The third-order valence-electron chi connectivity index (χ3n) is 5.18. The molecule has 0 unspecified atom stereocenters. The van der Waals surface area contributed by atoms with Crippen LogP contribution in [0.5, 0.6) is 0 Å². The van der Waals surface area contributed by atoms with Crippen molar-refractivity contribution >= 4 is 23.5 Å². The van der Waals surface area contributed by atoms with Crippen molar-refractivity contribution in [1.29, 1.82) is 0 Å². The zero-order chi connectivity index (χ0) is 21.0. The van der Waals surface area contributed by atoms with E-state index in [1.54, 1.807) is 11.0 Å². The Morgan fingerprint density at radius 2 is 1.79 bits per heavy atom. The van der Waals surface area contributed by atoms with Gasteiger partial charge in [-0.05, 0) is 49.6 Å². The predicted molar refractivity (Wildman–Crippen MR) is 110 cm³/mol. The maximum atomic E-state index is 12.3. The summed E-state index contributed by atoms with van der Waals surface area (Å²) >= 11 is 0. The largest absolute Gasteiger partial charge is 0.455 e. The summed E-state index contributed by atoms with van der Waals surface area (Å²) < 4.78 is 5.15. The van der Waals surface area contributed by atoms with E-state index in [2.05, 4.69) is 5.32 Å². The molecule has 2 amide bonds. The third kappa shape index (κ3) is 5.44. The number of hydrogen-bond donors (Lipinski definition) is 1. The van der Waals surface area contributed by atoms with E-state index in [4.69, 9.17) is 4.74 Å². The highest BCUT2D eigenvalue weighted by molar-refractivity contribution is 5.93.